The van der Waals surface area contributed by atoms with E-state index in [2.05, 4.69) is 109 Å². The van der Waals surface area contributed by atoms with E-state index in [1.165, 1.54) is 44.5 Å². The van der Waals surface area contributed by atoms with Gasteiger partial charge in [0.05, 0.1) is 0 Å². The highest BCUT2D eigenvalue weighted by atomic mass is 14.5. The van der Waals surface area contributed by atoms with Crippen LogP contribution in [0.25, 0.3) is 5.57 Å². The van der Waals surface area contributed by atoms with Crippen LogP contribution in [0.2, 0.25) is 0 Å². The Balaban J connectivity index is 1.47. The summed E-state index contributed by atoms with van der Waals surface area (Å²) in [5.41, 5.74) is 13.0. The third kappa shape index (κ3) is 3.64. The smallest absolute Gasteiger partial charge is 0.0242 e. The summed E-state index contributed by atoms with van der Waals surface area (Å²) in [6, 6.07) is 40.0. The van der Waals surface area contributed by atoms with Gasteiger partial charge in [0, 0.05) is 5.41 Å². The van der Waals surface area contributed by atoms with Crippen LogP contribution in [0.5, 0.6) is 0 Å². The molecule has 0 nitrogen and oxygen atoms in total. The quantitative estimate of drug-likeness (QED) is 0.268. The molecule has 0 aromatic heterocycles. The number of hydrogen-bond acceptors (Lipinski definition) is 0. The number of hydrogen-bond donors (Lipinski definition) is 0. The molecule has 1 atom stereocenters. The Labute approximate surface area is 203 Å². The molecule has 0 saturated heterocycles. The van der Waals surface area contributed by atoms with Gasteiger partial charge in [0.15, 0.2) is 0 Å². The fraction of sp³-hybridized carbons (Fsp3) is 0.176. The molecule has 6 rings (SSSR count). The Hall–Kier alpha value is -3.64. The van der Waals surface area contributed by atoms with E-state index < -0.39 is 0 Å². The van der Waals surface area contributed by atoms with Gasteiger partial charge in [-0.2, -0.15) is 0 Å². The molecule has 1 unspecified atom stereocenters. The Morgan fingerprint density at radius 1 is 0.588 bits per heavy atom. The summed E-state index contributed by atoms with van der Waals surface area (Å²) in [6.45, 7) is 4.70. The van der Waals surface area contributed by atoms with Crippen LogP contribution in [0.4, 0.5) is 0 Å². The first-order valence-electron chi connectivity index (χ1n) is 12.4. The number of allylic oxidation sites excluding steroid dienone is 3. The minimum absolute atomic E-state index is 0.0583. The van der Waals surface area contributed by atoms with Crippen molar-refractivity contribution >= 4 is 5.57 Å². The lowest BCUT2D eigenvalue weighted by Gasteiger charge is -2.34. The molecule has 0 N–H and O–H groups in total. The summed E-state index contributed by atoms with van der Waals surface area (Å²) >= 11 is 0. The maximum absolute atomic E-state index is 4.70. The summed E-state index contributed by atoms with van der Waals surface area (Å²) in [5.74, 6) is 0. The summed E-state index contributed by atoms with van der Waals surface area (Å²) in [5, 5.41) is 0. The van der Waals surface area contributed by atoms with Gasteiger partial charge < -0.3 is 0 Å². The van der Waals surface area contributed by atoms with Gasteiger partial charge >= 0.3 is 0 Å². The van der Waals surface area contributed by atoms with Crippen LogP contribution in [0.1, 0.15) is 39.8 Å². The summed E-state index contributed by atoms with van der Waals surface area (Å²) in [4.78, 5) is 0. The Morgan fingerprint density at radius 3 is 1.97 bits per heavy atom. The molecule has 2 aliphatic rings. The third-order valence-electron chi connectivity index (χ3n) is 7.87. The van der Waals surface area contributed by atoms with Gasteiger partial charge in [0.1, 0.15) is 0 Å². The van der Waals surface area contributed by atoms with Crippen molar-refractivity contribution in [3.63, 3.8) is 0 Å². The molecule has 166 valence electrons. The van der Waals surface area contributed by atoms with Crippen molar-refractivity contribution < 1.29 is 0 Å². The lowest BCUT2D eigenvalue weighted by atomic mass is 9.69. The second-order valence-electron chi connectivity index (χ2n) is 9.94. The summed E-state index contributed by atoms with van der Waals surface area (Å²) in [6.07, 6.45) is 5.06. The van der Waals surface area contributed by atoms with Crippen LogP contribution >= 0.6 is 0 Å². The van der Waals surface area contributed by atoms with Gasteiger partial charge in [-0.25, -0.2) is 0 Å². The molecule has 34 heavy (non-hydrogen) atoms. The van der Waals surface area contributed by atoms with E-state index in [1.54, 1.807) is 5.57 Å². The molecule has 0 aliphatic heterocycles. The largest absolute Gasteiger partial charge is 0.0986 e. The number of fused-ring (bicyclic) bond motifs is 2. The standard InChI is InChI=1S/C34H30/c1-25-20-29-17-9-11-19-33(29)34(25,23-27-14-6-3-7-15-27)24-30-22-28-16-8-10-18-31(28)32(30)21-26-12-4-2-5-13-26/h2-19H,1,20-24H2. The molecular formula is C34H30. The normalized spacial score (nSPS) is 18.8. The molecule has 0 amide bonds. The van der Waals surface area contributed by atoms with Gasteiger partial charge in [-0.3, -0.25) is 0 Å². The second kappa shape index (κ2) is 8.61. The highest BCUT2D eigenvalue weighted by Crippen LogP contribution is 2.51. The fourth-order valence-electron chi connectivity index (χ4n) is 6.23. The molecular weight excluding hydrogens is 408 g/mol. The van der Waals surface area contributed by atoms with E-state index in [9.17, 15) is 0 Å². The molecule has 0 spiro atoms. The van der Waals surface area contributed by atoms with E-state index in [1.807, 2.05) is 0 Å². The van der Waals surface area contributed by atoms with Crippen molar-refractivity contribution in [2.75, 3.05) is 0 Å². The lowest BCUT2D eigenvalue weighted by molar-refractivity contribution is 0.505. The molecule has 0 bridgehead atoms. The predicted molar refractivity (Wildman–Crippen MR) is 143 cm³/mol. The average molecular weight is 439 g/mol. The molecule has 4 aromatic carbocycles. The van der Waals surface area contributed by atoms with Gasteiger partial charge in [-0.1, -0.05) is 127 Å². The lowest BCUT2D eigenvalue weighted by Crippen LogP contribution is -2.29. The van der Waals surface area contributed by atoms with Crippen molar-refractivity contribution in [3.05, 3.63) is 160 Å². The first kappa shape index (κ1) is 20.9. The van der Waals surface area contributed by atoms with E-state index in [4.69, 9.17) is 6.58 Å². The van der Waals surface area contributed by atoms with Gasteiger partial charge in [0.25, 0.3) is 0 Å². The minimum atomic E-state index is -0.0583. The zero-order chi connectivity index (χ0) is 23.0. The van der Waals surface area contributed by atoms with Gasteiger partial charge in [-0.15, -0.1) is 0 Å². The zero-order valence-corrected chi connectivity index (χ0v) is 19.6. The zero-order valence-electron chi connectivity index (χ0n) is 19.6. The maximum Gasteiger partial charge on any atom is 0.0242 e. The van der Waals surface area contributed by atoms with Crippen LogP contribution in [-0.2, 0) is 31.1 Å². The van der Waals surface area contributed by atoms with E-state index >= 15 is 0 Å². The molecule has 2 aliphatic carbocycles. The van der Waals surface area contributed by atoms with Crippen molar-refractivity contribution in [2.45, 2.75) is 37.5 Å². The average Bonchev–Trinajstić information content (AvgIpc) is 3.35. The molecule has 0 saturated carbocycles. The maximum atomic E-state index is 4.70. The SMILES string of the molecule is C=C1Cc2ccccc2C1(CC1=C(Cc2ccccc2)c2ccccc2C1)Cc1ccccc1. The van der Waals surface area contributed by atoms with Crippen LogP contribution in [-0.4, -0.2) is 0 Å². The molecule has 4 aromatic rings. The minimum Gasteiger partial charge on any atom is -0.0986 e. The molecule has 0 heteroatoms. The van der Waals surface area contributed by atoms with Crippen molar-refractivity contribution in [2.24, 2.45) is 0 Å². The number of rotatable bonds is 6. The highest BCUT2D eigenvalue weighted by molar-refractivity contribution is 5.78. The summed E-state index contributed by atoms with van der Waals surface area (Å²) in [7, 11) is 0. The Morgan fingerprint density at radius 2 is 1.21 bits per heavy atom. The van der Waals surface area contributed by atoms with E-state index in [0.717, 1.165) is 32.1 Å². The van der Waals surface area contributed by atoms with E-state index in [-0.39, 0.29) is 5.41 Å². The van der Waals surface area contributed by atoms with Crippen LogP contribution in [0.3, 0.4) is 0 Å². The van der Waals surface area contributed by atoms with Crippen molar-refractivity contribution in [1.82, 2.24) is 0 Å². The molecule has 0 fully saturated rings. The second-order valence-corrected chi connectivity index (χ2v) is 9.94. The van der Waals surface area contributed by atoms with Crippen molar-refractivity contribution in [1.29, 1.82) is 0 Å². The van der Waals surface area contributed by atoms with Crippen LogP contribution < -0.4 is 0 Å². The Kier molecular flexibility index (Phi) is 5.30. The van der Waals surface area contributed by atoms with Crippen LogP contribution in [0, 0.1) is 0 Å². The topological polar surface area (TPSA) is 0 Å². The van der Waals surface area contributed by atoms with Crippen LogP contribution in [0.15, 0.2) is 127 Å². The highest BCUT2D eigenvalue weighted by Gasteiger charge is 2.43. The fourth-order valence-corrected chi connectivity index (χ4v) is 6.23. The Bertz CT molecular complexity index is 1370. The van der Waals surface area contributed by atoms with Gasteiger partial charge in [-0.05, 0) is 71.1 Å². The van der Waals surface area contributed by atoms with E-state index in [0.29, 0.717) is 0 Å². The molecule has 0 radical (unpaired) electrons. The first-order chi connectivity index (χ1) is 16.7. The van der Waals surface area contributed by atoms with Crippen molar-refractivity contribution in [3.8, 4) is 0 Å². The number of benzene rings is 4. The van der Waals surface area contributed by atoms with Gasteiger partial charge in [0.2, 0.25) is 0 Å². The third-order valence-corrected chi connectivity index (χ3v) is 7.87. The molecule has 0 heterocycles. The monoisotopic (exact) mass is 438 g/mol. The predicted octanol–water partition coefficient (Wildman–Crippen LogP) is 7.92. The summed E-state index contributed by atoms with van der Waals surface area (Å²) < 4.78 is 0. The first-order valence-corrected chi connectivity index (χ1v) is 12.4.